The van der Waals surface area contributed by atoms with Crippen molar-refractivity contribution in [3.05, 3.63) is 90.5 Å². The smallest absolute Gasteiger partial charge is 0.129 e. The number of nitrogens with zero attached hydrogens (tertiary/aromatic N) is 5. The molecule has 5 heteroatoms. The predicted octanol–water partition coefficient (Wildman–Crippen LogP) is 4.67. The lowest BCUT2D eigenvalue weighted by Gasteiger charge is -2.24. The van der Waals surface area contributed by atoms with Crippen molar-refractivity contribution in [1.82, 2.24) is 19.1 Å². The molecule has 0 amide bonds. The van der Waals surface area contributed by atoms with Gasteiger partial charge in [-0.2, -0.15) is 0 Å². The van der Waals surface area contributed by atoms with Gasteiger partial charge in [0.05, 0.1) is 35.2 Å². The molecule has 2 aromatic heterocycles. The zero-order valence-electron chi connectivity index (χ0n) is 16.7. The van der Waals surface area contributed by atoms with E-state index in [1.165, 1.54) is 0 Å². The number of anilines is 1. The maximum atomic E-state index is 4.88. The summed E-state index contributed by atoms with van der Waals surface area (Å²) >= 11 is 0. The van der Waals surface area contributed by atoms with E-state index >= 15 is 0 Å². The SMILES string of the molecule is Cn1c(CN(Cc2nc3ccccc3n2C)c2ccccc2)nc2ccccc21. The maximum absolute atomic E-state index is 4.88. The van der Waals surface area contributed by atoms with Crippen LogP contribution in [0.3, 0.4) is 0 Å². The molecule has 0 bridgehead atoms. The van der Waals surface area contributed by atoms with Crippen molar-refractivity contribution in [3.8, 4) is 0 Å². The van der Waals surface area contributed by atoms with Crippen LogP contribution in [-0.4, -0.2) is 19.1 Å². The zero-order valence-corrected chi connectivity index (χ0v) is 16.7. The highest BCUT2D eigenvalue weighted by atomic mass is 15.2. The fourth-order valence-corrected chi connectivity index (χ4v) is 3.89. The van der Waals surface area contributed by atoms with Crippen molar-refractivity contribution in [2.75, 3.05) is 4.90 Å². The molecule has 0 radical (unpaired) electrons. The summed E-state index contributed by atoms with van der Waals surface area (Å²) < 4.78 is 4.36. The average Bonchev–Trinajstić information content (AvgIpc) is 3.25. The lowest BCUT2D eigenvalue weighted by Crippen LogP contribution is -2.25. The van der Waals surface area contributed by atoms with Crippen LogP contribution >= 0.6 is 0 Å². The summed E-state index contributed by atoms with van der Waals surface area (Å²) in [7, 11) is 4.17. The second kappa shape index (κ2) is 7.09. The topological polar surface area (TPSA) is 38.9 Å². The Kier molecular flexibility index (Phi) is 4.28. The largest absolute Gasteiger partial charge is 0.357 e. The molecule has 5 rings (SSSR count). The molecule has 5 nitrogen and oxygen atoms in total. The molecule has 3 aromatic carbocycles. The molecule has 0 saturated heterocycles. The van der Waals surface area contributed by atoms with E-state index in [9.17, 15) is 0 Å². The molecule has 2 heterocycles. The normalized spacial score (nSPS) is 11.4. The predicted molar refractivity (Wildman–Crippen MR) is 118 cm³/mol. The fraction of sp³-hybridized carbons (Fsp3) is 0.167. The number of para-hydroxylation sites is 5. The van der Waals surface area contributed by atoms with E-state index < -0.39 is 0 Å². The Bertz CT molecular complexity index is 1200. The number of benzene rings is 3. The highest BCUT2D eigenvalue weighted by Gasteiger charge is 2.16. The van der Waals surface area contributed by atoms with Gasteiger partial charge in [-0.1, -0.05) is 42.5 Å². The summed E-state index contributed by atoms with van der Waals surface area (Å²) in [6, 6.07) is 27.0. The van der Waals surface area contributed by atoms with Crippen LogP contribution in [0, 0.1) is 0 Å². The van der Waals surface area contributed by atoms with Gasteiger partial charge in [0.25, 0.3) is 0 Å². The molecule has 0 saturated carbocycles. The summed E-state index contributed by atoms with van der Waals surface area (Å²) in [6.45, 7) is 1.41. The lowest BCUT2D eigenvalue weighted by molar-refractivity contribution is 0.685. The van der Waals surface area contributed by atoms with Gasteiger partial charge in [0.2, 0.25) is 0 Å². The first kappa shape index (κ1) is 17.5. The second-order valence-electron chi connectivity index (χ2n) is 7.34. The number of rotatable bonds is 5. The van der Waals surface area contributed by atoms with Gasteiger partial charge in [0, 0.05) is 19.8 Å². The van der Waals surface area contributed by atoms with Crippen LogP contribution in [0.4, 0.5) is 5.69 Å². The number of hydrogen-bond donors (Lipinski definition) is 0. The minimum absolute atomic E-state index is 0.707. The van der Waals surface area contributed by atoms with Crippen LogP contribution in [0.2, 0.25) is 0 Å². The van der Waals surface area contributed by atoms with E-state index in [2.05, 4.69) is 88.8 Å². The monoisotopic (exact) mass is 381 g/mol. The van der Waals surface area contributed by atoms with Crippen molar-refractivity contribution in [1.29, 1.82) is 0 Å². The summed E-state index contributed by atoms with van der Waals surface area (Å²) in [6.07, 6.45) is 0. The standard InChI is InChI=1S/C24H23N5/c1-27-21-14-8-6-12-19(21)25-23(27)16-29(18-10-4-3-5-11-18)17-24-26-20-13-7-9-15-22(20)28(24)2/h3-15H,16-17H2,1-2H3. The number of aryl methyl sites for hydroxylation is 2. The molecule has 0 aliphatic rings. The summed E-state index contributed by atoms with van der Waals surface area (Å²) in [4.78, 5) is 12.1. The van der Waals surface area contributed by atoms with E-state index in [0.29, 0.717) is 13.1 Å². The fourth-order valence-electron chi connectivity index (χ4n) is 3.89. The number of fused-ring (bicyclic) bond motifs is 2. The highest BCUT2D eigenvalue weighted by molar-refractivity contribution is 5.76. The van der Waals surface area contributed by atoms with Crippen LogP contribution in [0.1, 0.15) is 11.6 Å². The average molecular weight is 381 g/mol. The number of aromatic nitrogens is 4. The zero-order chi connectivity index (χ0) is 19.8. The molecule has 0 spiro atoms. The second-order valence-corrected chi connectivity index (χ2v) is 7.34. The van der Waals surface area contributed by atoms with E-state index in [4.69, 9.17) is 9.97 Å². The summed E-state index contributed by atoms with van der Waals surface area (Å²) in [5.41, 5.74) is 5.52. The van der Waals surface area contributed by atoms with Crippen molar-refractivity contribution in [3.63, 3.8) is 0 Å². The van der Waals surface area contributed by atoms with Gasteiger partial charge in [-0.3, -0.25) is 0 Å². The van der Waals surface area contributed by atoms with Crippen LogP contribution < -0.4 is 4.90 Å². The van der Waals surface area contributed by atoms with Gasteiger partial charge in [-0.15, -0.1) is 0 Å². The summed E-state index contributed by atoms with van der Waals surface area (Å²) in [5, 5.41) is 0. The Morgan fingerprint density at radius 2 is 1.07 bits per heavy atom. The molecule has 29 heavy (non-hydrogen) atoms. The molecule has 0 fully saturated rings. The van der Waals surface area contributed by atoms with E-state index in [-0.39, 0.29) is 0 Å². The van der Waals surface area contributed by atoms with Gasteiger partial charge in [0.1, 0.15) is 11.6 Å². The molecule has 0 aliphatic carbocycles. The third kappa shape index (κ3) is 3.14. The first-order valence-corrected chi connectivity index (χ1v) is 9.81. The molecule has 0 atom stereocenters. The molecular formula is C24H23N5. The van der Waals surface area contributed by atoms with Crippen molar-refractivity contribution < 1.29 is 0 Å². The number of hydrogen-bond acceptors (Lipinski definition) is 3. The van der Waals surface area contributed by atoms with Crippen LogP contribution in [0.15, 0.2) is 78.9 Å². The van der Waals surface area contributed by atoms with Crippen LogP contribution in [0.25, 0.3) is 22.1 Å². The quantitative estimate of drug-likeness (QED) is 0.444. The molecule has 0 unspecified atom stereocenters. The minimum atomic E-state index is 0.707. The lowest BCUT2D eigenvalue weighted by atomic mass is 10.2. The summed E-state index contributed by atoms with van der Waals surface area (Å²) in [5.74, 6) is 2.07. The Morgan fingerprint density at radius 1 is 0.621 bits per heavy atom. The van der Waals surface area contributed by atoms with E-state index in [1.807, 2.05) is 18.2 Å². The van der Waals surface area contributed by atoms with Crippen LogP contribution in [-0.2, 0) is 27.2 Å². The molecule has 0 aliphatic heterocycles. The van der Waals surface area contributed by atoms with E-state index in [0.717, 1.165) is 39.4 Å². The van der Waals surface area contributed by atoms with Crippen molar-refractivity contribution in [2.24, 2.45) is 14.1 Å². The molecule has 5 aromatic rings. The first-order valence-electron chi connectivity index (χ1n) is 9.81. The maximum Gasteiger partial charge on any atom is 0.129 e. The highest BCUT2D eigenvalue weighted by Crippen LogP contribution is 2.23. The Hall–Kier alpha value is -3.60. The Morgan fingerprint density at radius 3 is 1.55 bits per heavy atom. The van der Waals surface area contributed by atoms with Gasteiger partial charge < -0.3 is 14.0 Å². The van der Waals surface area contributed by atoms with Gasteiger partial charge in [-0.25, -0.2) is 9.97 Å². The molecule has 144 valence electrons. The van der Waals surface area contributed by atoms with Gasteiger partial charge >= 0.3 is 0 Å². The van der Waals surface area contributed by atoms with Crippen LogP contribution in [0.5, 0.6) is 0 Å². The van der Waals surface area contributed by atoms with Crippen molar-refractivity contribution in [2.45, 2.75) is 13.1 Å². The number of imidazole rings is 2. The third-order valence-electron chi connectivity index (χ3n) is 5.55. The Labute approximate surface area is 169 Å². The molecular weight excluding hydrogens is 358 g/mol. The Balaban J connectivity index is 1.54. The third-order valence-corrected chi connectivity index (χ3v) is 5.55. The minimum Gasteiger partial charge on any atom is -0.357 e. The van der Waals surface area contributed by atoms with Gasteiger partial charge in [0.15, 0.2) is 0 Å². The van der Waals surface area contributed by atoms with Gasteiger partial charge in [-0.05, 0) is 36.4 Å². The first-order chi connectivity index (χ1) is 14.2. The van der Waals surface area contributed by atoms with E-state index in [1.54, 1.807) is 0 Å². The van der Waals surface area contributed by atoms with Crippen molar-refractivity contribution >= 4 is 27.8 Å². The molecule has 0 N–H and O–H groups in total.